The molecule has 3 heterocycles. The van der Waals surface area contributed by atoms with E-state index in [9.17, 15) is 0 Å². The monoisotopic (exact) mass is 286 g/mol. The van der Waals surface area contributed by atoms with Gasteiger partial charge in [-0.15, -0.1) is 11.6 Å². The van der Waals surface area contributed by atoms with Gasteiger partial charge >= 0.3 is 0 Å². The first-order valence-electron chi connectivity index (χ1n) is 6.52. The Bertz CT molecular complexity index is 748. The summed E-state index contributed by atoms with van der Waals surface area (Å²) < 4.78 is 2.11. The van der Waals surface area contributed by atoms with E-state index < -0.39 is 0 Å². The zero-order valence-corrected chi connectivity index (χ0v) is 12.2. The standard InChI is InChI=1S/C15H15ClN4/c1-10-4-3-5-12(18-10)9-20-14-6-7-17-8-13(14)19-15(20)11(2)16/h3-8,11H,9H2,1-2H3. The van der Waals surface area contributed by atoms with E-state index in [1.54, 1.807) is 12.4 Å². The van der Waals surface area contributed by atoms with Gasteiger partial charge in [0.25, 0.3) is 0 Å². The Morgan fingerprint density at radius 1 is 1.25 bits per heavy atom. The van der Waals surface area contributed by atoms with Crippen molar-refractivity contribution in [2.24, 2.45) is 0 Å². The van der Waals surface area contributed by atoms with Gasteiger partial charge in [-0.25, -0.2) is 4.98 Å². The van der Waals surface area contributed by atoms with Crippen LogP contribution >= 0.6 is 11.6 Å². The van der Waals surface area contributed by atoms with Gasteiger partial charge in [0, 0.05) is 11.9 Å². The normalized spacial score (nSPS) is 12.8. The quantitative estimate of drug-likeness (QED) is 0.692. The van der Waals surface area contributed by atoms with Crippen LogP contribution in [0.15, 0.2) is 36.7 Å². The number of rotatable bonds is 3. The molecule has 1 unspecified atom stereocenters. The fourth-order valence-corrected chi connectivity index (χ4v) is 2.49. The van der Waals surface area contributed by atoms with Crippen molar-refractivity contribution in [1.82, 2.24) is 19.5 Å². The summed E-state index contributed by atoms with van der Waals surface area (Å²) in [5, 5.41) is -0.160. The molecule has 102 valence electrons. The Labute approximate surface area is 122 Å². The van der Waals surface area contributed by atoms with E-state index in [0.29, 0.717) is 6.54 Å². The van der Waals surface area contributed by atoms with Gasteiger partial charge in [-0.3, -0.25) is 9.97 Å². The van der Waals surface area contributed by atoms with E-state index in [0.717, 1.165) is 28.2 Å². The highest BCUT2D eigenvalue weighted by molar-refractivity contribution is 6.20. The second kappa shape index (κ2) is 5.21. The predicted molar refractivity (Wildman–Crippen MR) is 79.9 cm³/mol. The lowest BCUT2D eigenvalue weighted by Crippen LogP contribution is -2.07. The average molecular weight is 287 g/mol. The highest BCUT2D eigenvalue weighted by atomic mass is 35.5. The zero-order valence-electron chi connectivity index (χ0n) is 11.4. The highest BCUT2D eigenvalue weighted by Crippen LogP contribution is 2.24. The number of pyridine rings is 2. The van der Waals surface area contributed by atoms with E-state index >= 15 is 0 Å². The van der Waals surface area contributed by atoms with Crippen molar-refractivity contribution in [2.45, 2.75) is 25.8 Å². The number of halogens is 1. The van der Waals surface area contributed by atoms with Crippen LogP contribution in [-0.2, 0) is 6.54 Å². The summed E-state index contributed by atoms with van der Waals surface area (Å²) in [7, 11) is 0. The van der Waals surface area contributed by atoms with Gasteiger partial charge in [0.05, 0.1) is 29.3 Å². The van der Waals surface area contributed by atoms with E-state index in [1.165, 1.54) is 0 Å². The van der Waals surface area contributed by atoms with Crippen molar-refractivity contribution in [2.75, 3.05) is 0 Å². The lowest BCUT2D eigenvalue weighted by molar-refractivity contribution is 0.725. The van der Waals surface area contributed by atoms with Gasteiger partial charge in [0.1, 0.15) is 11.3 Å². The minimum atomic E-state index is -0.160. The van der Waals surface area contributed by atoms with Crippen molar-refractivity contribution in [1.29, 1.82) is 0 Å². The zero-order chi connectivity index (χ0) is 14.1. The SMILES string of the molecule is Cc1cccc(Cn2c(C(C)Cl)nc3cnccc32)n1. The van der Waals surface area contributed by atoms with Crippen LogP contribution in [0.4, 0.5) is 0 Å². The molecular formula is C15H15ClN4. The fourth-order valence-electron chi connectivity index (χ4n) is 2.32. The molecule has 0 bridgehead atoms. The Morgan fingerprint density at radius 3 is 2.85 bits per heavy atom. The third-order valence-electron chi connectivity index (χ3n) is 3.20. The molecule has 0 saturated heterocycles. The first-order chi connectivity index (χ1) is 9.65. The van der Waals surface area contributed by atoms with Crippen LogP contribution in [0.2, 0.25) is 0 Å². The summed E-state index contributed by atoms with van der Waals surface area (Å²) in [5.74, 6) is 0.845. The van der Waals surface area contributed by atoms with Crippen molar-refractivity contribution in [3.8, 4) is 0 Å². The molecule has 0 saturated carbocycles. The van der Waals surface area contributed by atoms with Gasteiger partial charge in [-0.05, 0) is 32.0 Å². The Morgan fingerprint density at radius 2 is 2.10 bits per heavy atom. The van der Waals surface area contributed by atoms with Gasteiger partial charge in [-0.1, -0.05) is 6.07 Å². The molecule has 5 heteroatoms. The van der Waals surface area contributed by atoms with Crippen LogP contribution in [0.3, 0.4) is 0 Å². The minimum Gasteiger partial charge on any atom is -0.321 e. The largest absolute Gasteiger partial charge is 0.321 e. The Kier molecular flexibility index (Phi) is 3.40. The molecule has 3 rings (SSSR count). The first kappa shape index (κ1) is 13.1. The Hall–Kier alpha value is -1.94. The van der Waals surface area contributed by atoms with E-state index in [1.807, 2.05) is 38.1 Å². The summed E-state index contributed by atoms with van der Waals surface area (Å²) >= 11 is 6.25. The van der Waals surface area contributed by atoms with E-state index in [-0.39, 0.29) is 5.38 Å². The number of imidazole rings is 1. The second-order valence-corrected chi connectivity index (χ2v) is 5.46. The summed E-state index contributed by atoms with van der Waals surface area (Å²) in [6.07, 6.45) is 3.53. The molecule has 0 fully saturated rings. The molecule has 0 amide bonds. The summed E-state index contributed by atoms with van der Waals surface area (Å²) in [4.78, 5) is 13.2. The van der Waals surface area contributed by atoms with Gasteiger partial charge in [0.2, 0.25) is 0 Å². The molecule has 4 nitrogen and oxygen atoms in total. The molecule has 0 radical (unpaired) electrons. The molecule has 20 heavy (non-hydrogen) atoms. The lowest BCUT2D eigenvalue weighted by atomic mass is 10.3. The number of alkyl halides is 1. The van der Waals surface area contributed by atoms with Gasteiger partial charge in [-0.2, -0.15) is 0 Å². The number of fused-ring (bicyclic) bond motifs is 1. The maximum absolute atomic E-state index is 6.25. The van der Waals surface area contributed by atoms with Crippen molar-refractivity contribution < 1.29 is 0 Å². The van der Waals surface area contributed by atoms with Crippen LogP contribution in [-0.4, -0.2) is 19.5 Å². The third-order valence-corrected chi connectivity index (χ3v) is 3.40. The van der Waals surface area contributed by atoms with Crippen LogP contribution in [0.1, 0.15) is 29.5 Å². The summed E-state index contributed by atoms with van der Waals surface area (Å²) in [6.45, 7) is 4.58. The van der Waals surface area contributed by atoms with Crippen molar-refractivity contribution in [3.05, 3.63) is 53.9 Å². The average Bonchev–Trinajstić information content (AvgIpc) is 2.78. The number of hydrogen-bond acceptors (Lipinski definition) is 3. The molecule has 0 spiro atoms. The van der Waals surface area contributed by atoms with Crippen LogP contribution in [0.5, 0.6) is 0 Å². The van der Waals surface area contributed by atoms with Crippen molar-refractivity contribution in [3.63, 3.8) is 0 Å². The number of nitrogens with zero attached hydrogens (tertiary/aromatic N) is 4. The summed E-state index contributed by atoms with van der Waals surface area (Å²) in [6, 6.07) is 7.98. The summed E-state index contributed by atoms with van der Waals surface area (Å²) in [5.41, 5.74) is 3.90. The topological polar surface area (TPSA) is 43.6 Å². The van der Waals surface area contributed by atoms with Crippen LogP contribution < -0.4 is 0 Å². The molecule has 0 N–H and O–H groups in total. The number of hydrogen-bond donors (Lipinski definition) is 0. The minimum absolute atomic E-state index is 0.160. The first-order valence-corrected chi connectivity index (χ1v) is 6.95. The third kappa shape index (κ3) is 2.39. The highest BCUT2D eigenvalue weighted by Gasteiger charge is 2.15. The van der Waals surface area contributed by atoms with Crippen LogP contribution in [0.25, 0.3) is 11.0 Å². The van der Waals surface area contributed by atoms with Crippen LogP contribution in [0, 0.1) is 6.92 Å². The van der Waals surface area contributed by atoms with Gasteiger partial charge < -0.3 is 4.57 Å². The molecule has 1 atom stereocenters. The maximum Gasteiger partial charge on any atom is 0.128 e. The van der Waals surface area contributed by atoms with Gasteiger partial charge in [0.15, 0.2) is 0 Å². The predicted octanol–water partition coefficient (Wildman–Crippen LogP) is 3.48. The van der Waals surface area contributed by atoms with E-state index in [4.69, 9.17) is 11.6 Å². The molecule has 0 aromatic carbocycles. The van der Waals surface area contributed by atoms with E-state index in [2.05, 4.69) is 19.5 Å². The smallest absolute Gasteiger partial charge is 0.128 e. The lowest BCUT2D eigenvalue weighted by Gasteiger charge is -2.10. The molecule has 0 aliphatic heterocycles. The molecule has 0 aliphatic carbocycles. The molecular weight excluding hydrogens is 272 g/mol. The number of aryl methyl sites for hydroxylation is 1. The maximum atomic E-state index is 6.25. The molecule has 3 aromatic rings. The second-order valence-electron chi connectivity index (χ2n) is 4.81. The molecule has 3 aromatic heterocycles. The van der Waals surface area contributed by atoms with Crippen molar-refractivity contribution >= 4 is 22.6 Å². The number of aromatic nitrogens is 4. The fraction of sp³-hybridized carbons (Fsp3) is 0.267. The Balaban J connectivity index is 2.11. The molecule has 0 aliphatic rings.